The van der Waals surface area contributed by atoms with Crippen LogP contribution in [0.4, 0.5) is 13.2 Å². The van der Waals surface area contributed by atoms with Crippen LogP contribution in [0.25, 0.3) is 0 Å². The van der Waals surface area contributed by atoms with Crippen LogP contribution in [-0.4, -0.2) is 16.1 Å². The normalized spacial score (nSPS) is 16.9. The SMILES string of the molecule is C[C@H]([SH-][N+](C)([O-])C#N)c1ccc(C(F)(F)F)nc1. The van der Waals surface area contributed by atoms with Crippen molar-refractivity contribution in [2.45, 2.75) is 18.3 Å². The summed E-state index contributed by atoms with van der Waals surface area (Å²) in [6, 6.07) is 2.13. The Bertz CT molecular complexity index is 453. The van der Waals surface area contributed by atoms with Crippen molar-refractivity contribution < 1.29 is 17.2 Å². The van der Waals surface area contributed by atoms with Crippen LogP contribution in [0.3, 0.4) is 0 Å². The van der Waals surface area contributed by atoms with Gasteiger partial charge in [-0.2, -0.15) is 13.2 Å². The van der Waals surface area contributed by atoms with E-state index in [-0.39, 0.29) is 17.2 Å². The van der Waals surface area contributed by atoms with Gasteiger partial charge in [0.1, 0.15) is 5.69 Å². The zero-order chi connectivity index (χ0) is 14.0. The summed E-state index contributed by atoms with van der Waals surface area (Å²) in [5.41, 5.74) is -0.491. The fourth-order valence-electron chi connectivity index (χ4n) is 1.24. The molecule has 0 aromatic carbocycles. The molecule has 1 aromatic heterocycles. The zero-order valence-corrected chi connectivity index (χ0v) is 10.5. The Kier molecular flexibility index (Phi) is 4.21. The van der Waals surface area contributed by atoms with E-state index < -0.39 is 15.9 Å². The third-order valence-corrected chi connectivity index (χ3v) is 3.31. The van der Waals surface area contributed by atoms with Crippen molar-refractivity contribution in [1.29, 1.82) is 5.26 Å². The predicted molar refractivity (Wildman–Crippen MR) is 61.6 cm³/mol. The van der Waals surface area contributed by atoms with Crippen molar-refractivity contribution in [1.82, 2.24) is 4.98 Å². The largest absolute Gasteiger partial charge is 0.634 e. The van der Waals surface area contributed by atoms with Crippen molar-refractivity contribution in [2.75, 3.05) is 7.05 Å². The minimum absolute atomic E-state index is 0.231. The second kappa shape index (κ2) is 5.14. The highest BCUT2D eigenvalue weighted by molar-refractivity contribution is 7.73. The average molecular weight is 278 g/mol. The molecule has 4 nitrogen and oxygen atoms in total. The second-order valence-corrected chi connectivity index (χ2v) is 5.51. The fourth-order valence-corrected chi connectivity index (χ4v) is 2.24. The molecule has 0 bridgehead atoms. The molecule has 1 heterocycles. The van der Waals surface area contributed by atoms with Crippen LogP contribution in [0.5, 0.6) is 0 Å². The Balaban J connectivity index is 2.84. The summed E-state index contributed by atoms with van der Waals surface area (Å²) in [6.07, 6.45) is -1.85. The maximum absolute atomic E-state index is 12.3. The van der Waals surface area contributed by atoms with Crippen LogP contribution in [0.1, 0.15) is 23.4 Å². The number of alkyl halides is 3. The minimum atomic E-state index is -4.48. The van der Waals surface area contributed by atoms with Crippen molar-refractivity contribution in [3.8, 4) is 6.19 Å². The van der Waals surface area contributed by atoms with E-state index in [0.717, 1.165) is 12.3 Å². The van der Waals surface area contributed by atoms with Gasteiger partial charge in [0.05, 0.1) is 7.05 Å². The number of nitriles is 1. The highest BCUT2D eigenvalue weighted by Gasteiger charge is 2.32. The quantitative estimate of drug-likeness (QED) is 0.280. The molecule has 1 aromatic rings. The summed E-state index contributed by atoms with van der Waals surface area (Å²) in [5.74, 6) is 0. The van der Waals surface area contributed by atoms with Gasteiger partial charge in [0.15, 0.2) is 0 Å². The molecule has 0 aliphatic heterocycles. The van der Waals surface area contributed by atoms with Gasteiger partial charge in [-0.15, -0.1) is 5.26 Å². The Labute approximate surface area is 106 Å². The number of hydroxylamine groups is 2. The van der Waals surface area contributed by atoms with Crippen molar-refractivity contribution in [2.24, 2.45) is 0 Å². The number of pyridine rings is 1. The topological polar surface area (TPSA) is 59.7 Å². The van der Waals surface area contributed by atoms with Crippen LogP contribution in [-0.2, 0) is 18.1 Å². The van der Waals surface area contributed by atoms with E-state index in [4.69, 9.17) is 5.26 Å². The monoisotopic (exact) mass is 278 g/mol. The molecule has 0 fully saturated rings. The number of aromatic nitrogens is 1. The van der Waals surface area contributed by atoms with E-state index in [2.05, 4.69) is 4.98 Å². The Morgan fingerprint density at radius 1 is 1.50 bits per heavy atom. The first-order valence-corrected chi connectivity index (χ1v) is 5.82. The van der Waals surface area contributed by atoms with E-state index in [1.54, 1.807) is 13.1 Å². The Morgan fingerprint density at radius 3 is 2.50 bits per heavy atom. The molecule has 1 unspecified atom stereocenters. The van der Waals surface area contributed by atoms with E-state index in [9.17, 15) is 18.4 Å². The number of nitrogens with zero attached hydrogens (tertiary/aromatic N) is 3. The van der Waals surface area contributed by atoms with Gasteiger partial charge in [-0.1, -0.05) is 18.2 Å². The number of rotatable bonds is 3. The van der Waals surface area contributed by atoms with Gasteiger partial charge in [0.2, 0.25) is 0 Å². The van der Waals surface area contributed by atoms with Crippen LogP contribution in [0, 0.1) is 16.7 Å². The Morgan fingerprint density at radius 2 is 2.11 bits per heavy atom. The predicted octanol–water partition coefficient (Wildman–Crippen LogP) is 2.32. The molecule has 0 N–H and O–H groups in total. The van der Waals surface area contributed by atoms with Crippen LogP contribution >= 0.6 is 0 Å². The van der Waals surface area contributed by atoms with Crippen molar-refractivity contribution in [3.05, 3.63) is 34.8 Å². The van der Waals surface area contributed by atoms with E-state index in [1.165, 1.54) is 13.1 Å². The maximum Gasteiger partial charge on any atom is 0.433 e. The first kappa shape index (κ1) is 14.8. The molecule has 0 saturated carbocycles. The Hall–Kier alpha value is -1.30. The lowest BCUT2D eigenvalue weighted by molar-refractivity contribution is -0.642. The second-order valence-electron chi connectivity index (χ2n) is 3.75. The highest BCUT2D eigenvalue weighted by Crippen LogP contribution is 2.28. The number of halogens is 3. The smallest absolute Gasteiger partial charge is 0.433 e. The molecule has 18 heavy (non-hydrogen) atoms. The van der Waals surface area contributed by atoms with Gasteiger partial charge in [-0.25, -0.2) is 0 Å². The van der Waals surface area contributed by atoms with Gasteiger partial charge in [0.25, 0.3) is 6.19 Å². The molecule has 0 amide bonds. The van der Waals surface area contributed by atoms with E-state index in [1.807, 2.05) is 0 Å². The number of thiol groups is 1. The molecule has 1 rings (SSSR count). The lowest BCUT2D eigenvalue weighted by atomic mass is 10.2. The molecule has 2 atom stereocenters. The van der Waals surface area contributed by atoms with Gasteiger partial charge < -0.3 is 21.2 Å². The summed E-state index contributed by atoms with van der Waals surface area (Å²) in [4.78, 5) is 3.31. The first-order chi connectivity index (χ1) is 8.15. The van der Waals surface area contributed by atoms with Gasteiger partial charge in [-0.05, 0) is 11.6 Å². The summed E-state index contributed by atoms with van der Waals surface area (Å²) in [6.45, 7) is 1.65. The molecule has 100 valence electrons. The first-order valence-electron chi connectivity index (χ1n) is 4.90. The summed E-state index contributed by atoms with van der Waals surface area (Å²) in [7, 11) is 1.18. The number of hydrogen-bond acceptors (Lipinski definition) is 4. The van der Waals surface area contributed by atoms with E-state index in [0.29, 0.717) is 5.56 Å². The third kappa shape index (κ3) is 3.87. The van der Waals surface area contributed by atoms with Crippen LogP contribution in [0.15, 0.2) is 18.3 Å². The zero-order valence-electron chi connectivity index (χ0n) is 9.64. The lowest BCUT2D eigenvalue weighted by Crippen LogP contribution is -2.31. The highest BCUT2D eigenvalue weighted by atomic mass is 32.2. The molecule has 0 aliphatic rings. The average Bonchev–Trinajstić information content (AvgIpc) is 2.27. The molecular weight excluding hydrogens is 267 g/mol. The standard InChI is InChI=1S/C10H11F3N3OS/c1-7(18-16(2,17)6-14)8-3-4-9(15-5-8)10(11,12)13/h3-5,7,18H,1-2H3/q-1/t7-,16?/m0/s1. The molecule has 0 spiro atoms. The summed E-state index contributed by atoms with van der Waals surface area (Å²) in [5, 5.41) is 19.7. The summed E-state index contributed by atoms with van der Waals surface area (Å²) >= 11 is 0.231. The van der Waals surface area contributed by atoms with Gasteiger partial charge >= 0.3 is 6.18 Å². The summed E-state index contributed by atoms with van der Waals surface area (Å²) < 4.78 is 35.7. The van der Waals surface area contributed by atoms with Gasteiger partial charge in [0, 0.05) is 6.20 Å². The molecule has 0 radical (unpaired) electrons. The number of hydrogen-bond donors (Lipinski definition) is 0. The van der Waals surface area contributed by atoms with Crippen LogP contribution in [0.2, 0.25) is 0 Å². The minimum Gasteiger partial charge on any atom is -0.634 e. The van der Waals surface area contributed by atoms with Crippen LogP contribution < -0.4 is 0 Å². The maximum atomic E-state index is 12.3. The van der Waals surface area contributed by atoms with Crippen molar-refractivity contribution in [3.63, 3.8) is 0 Å². The third-order valence-electron chi connectivity index (χ3n) is 2.14. The molecule has 0 aliphatic carbocycles. The number of quaternary nitrogens is 1. The van der Waals surface area contributed by atoms with Gasteiger partial charge in [-0.3, -0.25) is 4.98 Å². The lowest BCUT2D eigenvalue weighted by Gasteiger charge is -2.42. The molecular formula is C10H11F3N3OS-. The van der Waals surface area contributed by atoms with E-state index >= 15 is 0 Å². The fraction of sp³-hybridized carbons (Fsp3) is 0.400. The molecule has 0 saturated heterocycles. The molecule has 8 heteroatoms. The van der Waals surface area contributed by atoms with Crippen molar-refractivity contribution >= 4 is 11.9 Å².